The summed E-state index contributed by atoms with van der Waals surface area (Å²) < 4.78 is 59.2. The van der Waals surface area contributed by atoms with Gasteiger partial charge < -0.3 is 4.74 Å². The van der Waals surface area contributed by atoms with Crippen LogP contribution in [0, 0.1) is 0 Å². The number of hydrogen-bond donors (Lipinski definition) is 2. The average Bonchev–Trinajstić information content (AvgIpc) is 3.39. The first-order chi connectivity index (χ1) is 11.9. The normalized spacial score (nSPS) is 19.8. The SMILES string of the molecule is O=S(=O)(NCCN1CCOCC1)c1ccc(S(=O)(=O)NC2CC2)cc1. The molecule has 2 aliphatic rings. The van der Waals surface area contributed by atoms with Crippen molar-refractivity contribution in [3.63, 3.8) is 0 Å². The van der Waals surface area contributed by atoms with Gasteiger partial charge in [-0.1, -0.05) is 0 Å². The molecular weight excluding hydrogens is 366 g/mol. The fourth-order valence-corrected chi connectivity index (χ4v) is 4.86. The minimum Gasteiger partial charge on any atom is -0.379 e. The van der Waals surface area contributed by atoms with Crippen LogP contribution >= 0.6 is 0 Å². The lowest BCUT2D eigenvalue weighted by atomic mass is 10.4. The predicted octanol–water partition coefficient (Wildman–Crippen LogP) is -0.262. The first kappa shape index (κ1) is 18.7. The van der Waals surface area contributed by atoms with E-state index in [1.54, 1.807) is 0 Å². The summed E-state index contributed by atoms with van der Waals surface area (Å²) in [5.41, 5.74) is 0. The summed E-state index contributed by atoms with van der Waals surface area (Å²) in [5, 5.41) is 0. The summed E-state index contributed by atoms with van der Waals surface area (Å²) in [7, 11) is -7.23. The van der Waals surface area contributed by atoms with E-state index >= 15 is 0 Å². The van der Waals surface area contributed by atoms with Crippen LogP contribution in [-0.4, -0.2) is 67.2 Å². The molecule has 0 amide bonds. The zero-order valence-corrected chi connectivity index (χ0v) is 15.5. The third-order valence-corrected chi connectivity index (χ3v) is 7.18. The van der Waals surface area contributed by atoms with E-state index in [0.717, 1.165) is 25.9 Å². The van der Waals surface area contributed by atoms with Gasteiger partial charge in [-0.25, -0.2) is 26.3 Å². The molecule has 0 atom stereocenters. The molecule has 140 valence electrons. The molecule has 2 fully saturated rings. The molecule has 1 saturated heterocycles. The standard InChI is InChI=1S/C15H23N3O5S2/c19-24(20,16-7-8-18-9-11-23-12-10-18)14-3-5-15(6-4-14)25(21,22)17-13-1-2-13/h3-6,13,16-17H,1-2,7-12H2. The van der Waals surface area contributed by atoms with E-state index < -0.39 is 20.0 Å². The fraction of sp³-hybridized carbons (Fsp3) is 0.600. The van der Waals surface area contributed by atoms with Gasteiger partial charge >= 0.3 is 0 Å². The molecule has 0 spiro atoms. The number of nitrogens with one attached hydrogen (secondary N) is 2. The van der Waals surface area contributed by atoms with Gasteiger partial charge in [0.2, 0.25) is 20.0 Å². The molecule has 1 aromatic rings. The van der Waals surface area contributed by atoms with Gasteiger partial charge in [-0.2, -0.15) is 0 Å². The molecule has 1 aliphatic carbocycles. The maximum absolute atomic E-state index is 12.3. The zero-order valence-electron chi connectivity index (χ0n) is 13.8. The van der Waals surface area contributed by atoms with Crippen molar-refractivity contribution in [2.24, 2.45) is 0 Å². The zero-order chi connectivity index (χ0) is 17.9. The Kier molecular flexibility index (Phi) is 5.76. The molecule has 1 aliphatic heterocycles. The molecule has 0 aromatic heterocycles. The Morgan fingerprint density at radius 2 is 1.52 bits per heavy atom. The van der Waals surface area contributed by atoms with Crippen LogP contribution in [0.5, 0.6) is 0 Å². The Hall–Kier alpha value is -1.04. The van der Waals surface area contributed by atoms with E-state index in [-0.39, 0.29) is 15.8 Å². The van der Waals surface area contributed by atoms with Gasteiger partial charge in [-0.3, -0.25) is 4.90 Å². The predicted molar refractivity (Wildman–Crippen MR) is 92.2 cm³/mol. The van der Waals surface area contributed by atoms with Gasteiger partial charge in [0, 0.05) is 32.2 Å². The Labute approximate surface area is 148 Å². The van der Waals surface area contributed by atoms with Gasteiger partial charge in [0.25, 0.3) is 0 Å². The third-order valence-electron chi connectivity index (χ3n) is 4.17. The fourth-order valence-electron chi connectivity index (χ4n) is 2.53. The molecule has 0 radical (unpaired) electrons. The van der Waals surface area contributed by atoms with Crippen molar-refractivity contribution in [1.29, 1.82) is 0 Å². The lowest BCUT2D eigenvalue weighted by Crippen LogP contribution is -2.41. The largest absolute Gasteiger partial charge is 0.379 e. The Morgan fingerprint density at radius 1 is 0.960 bits per heavy atom. The van der Waals surface area contributed by atoms with E-state index in [1.165, 1.54) is 24.3 Å². The number of hydrogen-bond acceptors (Lipinski definition) is 6. The third kappa shape index (κ3) is 5.22. The Morgan fingerprint density at radius 3 is 2.08 bits per heavy atom. The Balaban J connectivity index is 1.58. The van der Waals surface area contributed by atoms with Crippen LogP contribution < -0.4 is 9.44 Å². The molecular formula is C15H23N3O5S2. The van der Waals surface area contributed by atoms with Crippen molar-refractivity contribution < 1.29 is 21.6 Å². The highest BCUT2D eigenvalue weighted by atomic mass is 32.2. The summed E-state index contributed by atoms with van der Waals surface area (Å²) in [6.07, 6.45) is 1.69. The quantitative estimate of drug-likeness (QED) is 0.635. The summed E-state index contributed by atoms with van der Waals surface area (Å²) in [4.78, 5) is 2.26. The number of rotatable bonds is 8. The number of morpholine rings is 1. The summed E-state index contributed by atoms with van der Waals surface area (Å²) in [6.45, 7) is 3.83. The summed E-state index contributed by atoms with van der Waals surface area (Å²) in [5.74, 6) is 0. The highest BCUT2D eigenvalue weighted by molar-refractivity contribution is 7.90. The van der Waals surface area contributed by atoms with Gasteiger partial charge in [0.15, 0.2) is 0 Å². The van der Waals surface area contributed by atoms with Crippen LogP contribution in [0.3, 0.4) is 0 Å². The maximum Gasteiger partial charge on any atom is 0.240 e. The average molecular weight is 389 g/mol. The van der Waals surface area contributed by atoms with Crippen molar-refractivity contribution in [1.82, 2.24) is 14.3 Å². The number of nitrogens with zero attached hydrogens (tertiary/aromatic N) is 1. The highest BCUT2D eigenvalue weighted by Gasteiger charge is 2.28. The molecule has 1 saturated carbocycles. The molecule has 2 N–H and O–H groups in total. The van der Waals surface area contributed by atoms with E-state index in [1.807, 2.05) is 0 Å². The smallest absolute Gasteiger partial charge is 0.240 e. The highest BCUT2D eigenvalue weighted by Crippen LogP contribution is 2.22. The first-order valence-electron chi connectivity index (χ1n) is 8.29. The van der Waals surface area contributed by atoms with E-state index in [4.69, 9.17) is 4.74 Å². The molecule has 8 nitrogen and oxygen atoms in total. The minimum atomic E-state index is -3.66. The topological polar surface area (TPSA) is 105 Å². The maximum atomic E-state index is 12.3. The second kappa shape index (κ2) is 7.68. The van der Waals surface area contributed by atoms with Crippen LogP contribution in [0.15, 0.2) is 34.1 Å². The van der Waals surface area contributed by atoms with E-state index in [2.05, 4.69) is 14.3 Å². The van der Waals surface area contributed by atoms with Crippen molar-refractivity contribution in [3.05, 3.63) is 24.3 Å². The molecule has 1 aromatic carbocycles. The second-order valence-electron chi connectivity index (χ2n) is 6.22. The van der Waals surface area contributed by atoms with E-state index in [0.29, 0.717) is 26.3 Å². The molecule has 3 rings (SSSR count). The number of sulfonamides is 2. The number of ether oxygens (including phenoxy) is 1. The summed E-state index contributed by atoms with van der Waals surface area (Å²) >= 11 is 0. The van der Waals surface area contributed by atoms with Gasteiger partial charge in [0.05, 0.1) is 23.0 Å². The minimum absolute atomic E-state index is 0.00950. The summed E-state index contributed by atoms with van der Waals surface area (Å²) in [6, 6.07) is 5.29. The molecule has 10 heteroatoms. The van der Waals surface area contributed by atoms with Crippen molar-refractivity contribution in [2.45, 2.75) is 28.7 Å². The monoisotopic (exact) mass is 389 g/mol. The van der Waals surface area contributed by atoms with Crippen LogP contribution in [-0.2, 0) is 24.8 Å². The lowest BCUT2D eigenvalue weighted by molar-refractivity contribution is 0.0390. The molecule has 1 heterocycles. The molecule has 0 unspecified atom stereocenters. The van der Waals surface area contributed by atoms with Gasteiger partial charge in [-0.15, -0.1) is 0 Å². The van der Waals surface area contributed by atoms with Crippen LogP contribution in [0.25, 0.3) is 0 Å². The first-order valence-corrected chi connectivity index (χ1v) is 11.3. The van der Waals surface area contributed by atoms with Gasteiger partial charge in [0.1, 0.15) is 0 Å². The van der Waals surface area contributed by atoms with Crippen molar-refractivity contribution in [2.75, 3.05) is 39.4 Å². The van der Waals surface area contributed by atoms with Crippen LogP contribution in [0.1, 0.15) is 12.8 Å². The molecule has 0 bridgehead atoms. The van der Waals surface area contributed by atoms with Crippen LogP contribution in [0.2, 0.25) is 0 Å². The van der Waals surface area contributed by atoms with E-state index in [9.17, 15) is 16.8 Å². The van der Waals surface area contributed by atoms with Crippen molar-refractivity contribution in [3.8, 4) is 0 Å². The lowest BCUT2D eigenvalue weighted by Gasteiger charge is -2.26. The Bertz CT molecular complexity index is 783. The van der Waals surface area contributed by atoms with Gasteiger partial charge in [-0.05, 0) is 37.1 Å². The number of benzene rings is 1. The van der Waals surface area contributed by atoms with Crippen LogP contribution in [0.4, 0.5) is 0 Å². The molecule has 25 heavy (non-hydrogen) atoms. The van der Waals surface area contributed by atoms with Crippen molar-refractivity contribution >= 4 is 20.0 Å². The second-order valence-corrected chi connectivity index (χ2v) is 9.70.